The van der Waals surface area contributed by atoms with Gasteiger partial charge in [-0.05, 0) is 18.4 Å². The lowest BCUT2D eigenvalue weighted by molar-refractivity contribution is 0.983. The number of allylic oxidation sites excluding steroid dienone is 1. The third-order valence-corrected chi connectivity index (χ3v) is 2.02. The number of hydrogen-bond acceptors (Lipinski definition) is 0. The Kier molecular flexibility index (Phi) is 6.82. The largest absolute Gasteiger partial charge is 0.0871 e. The van der Waals surface area contributed by atoms with Gasteiger partial charge in [-0.25, -0.2) is 0 Å². The van der Waals surface area contributed by atoms with Crippen LogP contribution in [0.4, 0.5) is 0 Å². The molecule has 0 saturated heterocycles. The zero-order valence-corrected chi connectivity index (χ0v) is 8.53. The Labute approximate surface area is 88.7 Å². The van der Waals surface area contributed by atoms with E-state index in [1.54, 1.807) is 0 Å². The Morgan fingerprint density at radius 2 is 1.64 bits per heavy atom. The quantitative estimate of drug-likeness (QED) is 0.598. The van der Waals surface area contributed by atoms with Gasteiger partial charge in [0.05, 0.1) is 0 Å². The second kappa shape index (κ2) is 7.37. The highest BCUT2D eigenvalue weighted by Gasteiger charge is 2.12. The van der Waals surface area contributed by atoms with Crippen LogP contribution in [0.1, 0.15) is 39.7 Å². The minimum atomic E-state index is 0. The molecule has 0 atom stereocenters. The summed E-state index contributed by atoms with van der Waals surface area (Å²) in [4.78, 5) is 0. The first-order valence-corrected chi connectivity index (χ1v) is 5.00. The molecule has 14 heavy (non-hydrogen) atoms. The molecule has 78 valence electrons. The summed E-state index contributed by atoms with van der Waals surface area (Å²) in [6.45, 7) is 4.30. The monoisotopic (exact) mass is 190 g/mol. The summed E-state index contributed by atoms with van der Waals surface area (Å²) in [6, 6.07) is 10.3. The molecule has 0 aromatic heterocycles. The van der Waals surface area contributed by atoms with Gasteiger partial charge in [0.15, 0.2) is 0 Å². The number of benzene rings is 1. The summed E-state index contributed by atoms with van der Waals surface area (Å²) < 4.78 is 0. The normalized spacial score (nSPS) is 14.1. The van der Waals surface area contributed by atoms with E-state index in [-0.39, 0.29) is 7.43 Å². The summed E-state index contributed by atoms with van der Waals surface area (Å²) in [5.74, 6) is 1.08. The van der Waals surface area contributed by atoms with Crippen molar-refractivity contribution in [1.82, 2.24) is 0 Å². The highest BCUT2D eigenvalue weighted by molar-refractivity contribution is 5.47. The summed E-state index contributed by atoms with van der Waals surface area (Å²) in [7, 11) is 0. The van der Waals surface area contributed by atoms with E-state index in [0.717, 1.165) is 5.92 Å². The molecule has 1 aromatic carbocycles. The minimum Gasteiger partial charge on any atom is -0.0871 e. The van der Waals surface area contributed by atoms with Crippen LogP contribution in [0.15, 0.2) is 36.4 Å². The van der Waals surface area contributed by atoms with Crippen molar-refractivity contribution in [3.63, 3.8) is 0 Å². The second-order valence-electron chi connectivity index (χ2n) is 3.59. The van der Waals surface area contributed by atoms with Gasteiger partial charge in [0.2, 0.25) is 0 Å². The van der Waals surface area contributed by atoms with Crippen LogP contribution in [-0.4, -0.2) is 0 Å². The number of rotatable bonds is 1. The maximum absolute atomic E-state index is 2.28. The van der Waals surface area contributed by atoms with Crippen molar-refractivity contribution in [2.24, 2.45) is 5.92 Å². The average molecular weight is 190 g/mol. The van der Waals surface area contributed by atoms with E-state index in [9.17, 15) is 0 Å². The van der Waals surface area contributed by atoms with Crippen molar-refractivity contribution in [2.75, 3.05) is 0 Å². The van der Waals surface area contributed by atoms with Crippen molar-refractivity contribution in [3.05, 3.63) is 42.0 Å². The maximum atomic E-state index is 2.28. The van der Waals surface area contributed by atoms with Crippen molar-refractivity contribution in [3.8, 4) is 0 Å². The Bertz CT molecular complexity index is 242. The molecule has 0 heterocycles. The molecule has 0 unspecified atom stereocenters. The van der Waals surface area contributed by atoms with Crippen LogP contribution >= 0.6 is 0 Å². The Hall–Kier alpha value is -1.04. The van der Waals surface area contributed by atoms with E-state index in [1.165, 1.54) is 18.4 Å². The topological polar surface area (TPSA) is 0 Å². The van der Waals surface area contributed by atoms with Crippen molar-refractivity contribution in [2.45, 2.75) is 34.1 Å². The molecule has 1 aliphatic carbocycles. The maximum Gasteiger partial charge on any atom is -0.0260 e. The molecule has 0 N–H and O–H groups in total. The number of hydrogen-bond donors (Lipinski definition) is 0. The van der Waals surface area contributed by atoms with Crippen molar-refractivity contribution >= 4 is 6.08 Å². The molecule has 0 nitrogen and oxygen atoms in total. The van der Waals surface area contributed by atoms with Crippen LogP contribution in [0.5, 0.6) is 0 Å². The van der Waals surface area contributed by atoms with Crippen LogP contribution < -0.4 is 0 Å². The van der Waals surface area contributed by atoms with Gasteiger partial charge < -0.3 is 0 Å². The Morgan fingerprint density at radius 3 is 2.00 bits per heavy atom. The molecule has 1 saturated carbocycles. The van der Waals surface area contributed by atoms with E-state index >= 15 is 0 Å². The Morgan fingerprint density at radius 1 is 1.14 bits per heavy atom. The first-order valence-electron chi connectivity index (χ1n) is 5.00. The molecule has 0 radical (unpaired) electrons. The van der Waals surface area contributed by atoms with Crippen LogP contribution in [0.2, 0.25) is 0 Å². The lowest BCUT2D eigenvalue weighted by Gasteiger charge is -1.86. The molecule has 0 spiro atoms. The first kappa shape index (κ1) is 13.0. The summed E-state index contributed by atoms with van der Waals surface area (Å²) in [6.07, 6.45) is 7.09. The first-order chi connectivity index (χ1) is 6.33. The average Bonchev–Trinajstić information content (AvgIpc) is 2.91. The van der Waals surface area contributed by atoms with Gasteiger partial charge >= 0.3 is 0 Å². The highest BCUT2D eigenvalue weighted by atomic mass is 14.2. The van der Waals surface area contributed by atoms with Crippen molar-refractivity contribution in [1.29, 1.82) is 0 Å². The van der Waals surface area contributed by atoms with Gasteiger partial charge in [-0.1, -0.05) is 69.7 Å². The molecular formula is C14H22. The van der Waals surface area contributed by atoms with Crippen LogP contribution in [0.25, 0.3) is 6.08 Å². The van der Waals surface area contributed by atoms with Crippen molar-refractivity contribution < 1.29 is 0 Å². The molecule has 0 heteroatoms. The van der Waals surface area contributed by atoms with E-state index < -0.39 is 0 Å². The van der Waals surface area contributed by atoms with Crippen LogP contribution in [0.3, 0.4) is 0 Å². The lowest BCUT2D eigenvalue weighted by atomic mass is 10.2. The van der Waals surface area contributed by atoms with Gasteiger partial charge in [0.1, 0.15) is 0 Å². The van der Waals surface area contributed by atoms with Gasteiger partial charge in [0.25, 0.3) is 0 Å². The zero-order chi connectivity index (χ0) is 9.52. The fraction of sp³-hybridized carbons (Fsp3) is 0.429. The van der Waals surface area contributed by atoms with E-state index in [1.807, 2.05) is 31.2 Å². The molecule has 0 bridgehead atoms. The lowest BCUT2D eigenvalue weighted by Crippen LogP contribution is -1.65. The minimum absolute atomic E-state index is 0. The fourth-order valence-corrected chi connectivity index (χ4v) is 0.923. The fourth-order valence-electron chi connectivity index (χ4n) is 0.923. The van der Waals surface area contributed by atoms with Crippen LogP contribution in [0, 0.1) is 5.92 Å². The van der Waals surface area contributed by atoms with Gasteiger partial charge in [0, 0.05) is 0 Å². The molecule has 1 aromatic rings. The third kappa shape index (κ3) is 6.47. The van der Waals surface area contributed by atoms with Gasteiger partial charge in [-0.3, -0.25) is 0 Å². The van der Waals surface area contributed by atoms with Gasteiger partial charge in [-0.2, -0.15) is 0 Å². The zero-order valence-electron chi connectivity index (χ0n) is 8.53. The molecular weight excluding hydrogens is 168 g/mol. The predicted octanol–water partition coefficient (Wildman–Crippen LogP) is 4.77. The summed E-state index contributed by atoms with van der Waals surface area (Å²) in [5.41, 5.74) is 1.26. The molecule has 0 aliphatic heterocycles. The Balaban J connectivity index is 0.000000286. The predicted molar refractivity (Wildman–Crippen MR) is 66.3 cm³/mol. The van der Waals surface area contributed by atoms with E-state index in [0.29, 0.717) is 0 Å². The smallest absolute Gasteiger partial charge is 0.0260 e. The molecule has 1 aliphatic rings. The standard InChI is InChI=1S/C9H10.C4H8.CH4/c1-2-6-9-7-4-3-5-8-9;1-4-2-3-4;/h2-8H,1H3;4H,2-3H2,1H3;1H4/b6-2-;;. The SMILES string of the molecule is C.C/C=C\c1ccccc1.CC1CC1. The molecule has 2 rings (SSSR count). The van der Waals surface area contributed by atoms with E-state index in [2.05, 4.69) is 25.1 Å². The van der Waals surface area contributed by atoms with Gasteiger partial charge in [-0.15, -0.1) is 0 Å². The third-order valence-electron chi connectivity index (χ3n) is 2.02. The molecule has 1 fully saturated rings. The highest BCUT2D eigenvalue weighted by Crippen LogP contribution is 2.26. The van der Waals surface area contributed by atoms with E-state index in [4.69, 9.17) is 0 Å². The van der Waals surface area contributed by atoms with Crippen LogP contribution in [-0.2, 0) is 0 Å². The summed E-state index contributed by atoms with van der Waals surface area (Å²) >= 11 is 0. The molecule has 0 amide bonds. The second-order valence-corrected chi connectivity index (χ2v) is 3.59. The summed E-state index contributed by atoms with van der Waals surface area (Å²) in [5, 5.41) is 0.